The molecule has 8 heteroatoms. The van der Waals surface area contributed by atoms with Gasteiger partial charge < -0.3 is 20.6 Å². The Balaban J connectivity index is 1.29. The minimum atomic E-state index is -1.32. The molecular formula is C26H33FN4O3. The Kier molecular flexibility index (Phi) is 7.77. The van der Waals surface area contributed by atoms with Gasteiger partial charge in [-0.05, 0) is 75.3 Å². The van der Waals surface area contributed by atoms with Gasteiger partial charge in [-0.2, -0.15) is 0 Å². The number of hydrogen-bond donors (Lipinski definition) is 3. The van der Waals surface area contributed by atoms with Gasteiger partial charge in [0.2, 0.25) is 0 Å². The van der Waals surface area contributed by atoms with Crippen molar-refractivity contribution in [2.75, 3.05) is 31.5 Å². The van der Waals surface area contributed by atoms with E-state index in [1.54, 1.807) is 30.3 Å². The first-order chi connectivity index (χ1) is 16.4. The highest BCUT2D eigenvalue weighted by Gasteiger charge is 2.35. The zero-order valence-electron chi connectivity index (χ0n) is 19.4. The second-order valence-electron chi connectivity index (χ2n) is 9.39. The molecule has 7 nitrogen and oxygen atoms in total. The number of carboxylic acid groups (broad SMARTS) is 1. The number of pyridine rings is 1. The maximum absolute atomic E-state index is 15.7. The Labute approximate surface area is 199 Å². The Hall–Kier alpha value is -3.00. The van der Waals surface area contributed by atoms with Crippen molar-refractivity contribution in [3.8, 4) is 0 Å². The van der Waals surface area contributed by atoms with E-state index < -0.39 is 23.6 Å². The van der Waals surface area contributed by atoms with Gasteiger partial charge in [-0.25, -0.2) is 14.2 Å². The third-order valence-electron chi connectivity index (χ3n) is 6.76. The number of amides is 1. The number of carbonyl (C=O) groups excluding carboxylic acids is 1. The highest BCUT2D eigenvalue weighted by molar-refractivity contribution is 5.96. The summed E-state index contributed by atoms with van der Waals surface area (Å²) in [5.41, 5.74) is 1.22. The lowest BCUT2D eigenvalue weighted by Gasteiger charge is -2.38. The quantitative estimate of drug-likeness (QED) is 0.522. The number of aryl methyl sites for hydroxylation is 2. The number of anilines is 1. The monoisotopic (exact) mass is 468 g/mol. The lowest BCUT2D eigenvalue weighted by molar-refractivity contribution is -0.139. The van der Waals surface area contributed by atoms with E-state index in [1.807, 2.05) is 11.0 Å². The molecule has 1 saturated heterocycles. The topological polar surface area (TPSA) is 94.6 Å². The van der Waals surface area contributed by atoms with Crippen molar-refractivity contribution in [1.29, 1.82) is 0 Å². The number of benzene rings is 1. The number of carbonyl (C=O) groups is 2. The first-order valence-electron chi connectivity index (χ1n) is 12.1. The van der Waals surface area contributed by atoms with Crippen LogP contribution >= 0.6 is 0 Å². The molecule has 0 spiro atoms. The fourth-order valence-corrected chi connectivity index (χ4v) is 4.83. The Morgan fingerprint density at radius 1 is 1.21 bits per heavy atom. The molecule has 2 atom stereocenters. The van der Waals surface area contributed by atoms with Crippen LogP contribution in [0.25, 0.3) is 0 Å². The lowest BCUT2D eigenvalue weighted by atomic mass is 9.89. The molecule has 34 heavy (non-hydrogen) atoms. The van der Waals surface area contributed by atoms with Crippen molar-refractivity contribution in [1.82, 2.24) is 15.2 Å². The van der Waals surface area contributed by atoms with Gasteiger partial charge in [-0.15, -0.1) is 0 Å². The molecule has 3 N–H and O–H groups in total. The van der Waals surface area contributed by atoms with Gasteiger partial charge in [0.1, 0.15) is 17.5 Å². The van der Waals surface area contributed by atoms with Gasteiger partial charge in [0, 0.05) is 30.9 Å². The summed E-state index contributed by atoms with van der Waals surface area (Å²) in [4.78, 5) is 30.7. The van der Waals surface area contributed by atoms with Crippen LogP contribution in [0.5, 0.6) is 0 Å². The molecule has 0 radical (unpaired) electrons. The van der Waals surface area contributed by atoms with Crippen LogP contribution < -0.4 is 10.6 Å². The van der Waals surface area contributed by atoms with Crippen molar-refractivity contribution >= 4 is 17.7 Å². The maximum atomic E-state index is 15.7. The zero-order chi connectivity index (χ0) is 24.0. The number of aromatic nitrogens is 1. The van der Waals surface area contributed by atoms with E-state index in [0.29, 0.717) is 31.4 Å². The Bertz CT molecular complexity index is 1000. The van der Waals surface area contributed by atoms with Gasteiger partial charge in [0.05, 0.1) is 0 Å². The van der Waals surface area contributed by atoms with E-state index >= 15 is 4.39 Å². The van der Waals surface area contributed by atoms with E-state index in [0.717, 1.165) is 43.9 Å². The summed E-state index contributed by atoms with van der Waals surface area (Å²) in [6, 6.07) is 11.6. The van der Waals surface area contributed by atoms with Crippen molar-refractivity contribution in [3.05, 3.63) is 59.3 Å². The molecule has 0 aliphatic carbocycles. The van der Waals surface area contributed by atoms with E-state index in [2.05, 4.69) is 21.7 Å². The molecule has 1 fully saturated rings. The van der Waals surface area contributed by atoms with E-state index in [-0.39, 0.29) is 13.0 Å². The van der Waals surface area contributed by atoms with Crippen LogP contribution in [-0.4, -0.2) is 64.8 Å². The summed E-state index contributed by atoms with van der Waals surface area (Å²) in [5, 5.41) is 15.5. The summed E-state index contributed by atoms with van der Waals surface area (Å²) in [5.74, 6) is -0.572. The van der Waals surface area contributed by atoms with Crippen LogP contribution in [0.2, 0.25) is 0 Å². The van der Waals surface area contributed by atoms with E-state index in [9.17, 15) is 14.7 Å². The Morgan fingerprint density at radius 3 is 2.82 bits per heavy atom. The van der Waals surface area contributed by atoms with Crippen molar-refractivity contribution < 1.29 is 19.1 Å². The van der Waals surface area contributed by atoms with E-state index in [4.69, 9.17) is 0 Å². The fourth-order valence-electron chi connectivity index (χ4n) is 4.83. The second-order valence-corrected chi connectivity index (χ2v) is 9.39. The van der Waals surface area contributed by atoms with Crippen molar-refractivity contribution in [2.24, 2.45) is 0 Å². The molecular weight excluding hydrogens is 435 g/mol. The Morgan fingerprint density at radius 2 is 2.03 bits per heavy atom. The second kappa shape index (κ2) is 11.0. The molecule has 2 aliphatic rings. The first kappa shape index (κ1) is 24.1. The minimum absolute atomic E-state index is 0.224. The highest BCUT2D eigenvalue weighted by atomic mass is 19.1. The van der Waals surface area contributed by atoms with Crippen LogP contribution in [0, 0.1) is 0 Å². The van der Waals surface area contributed by atoms with Crippen LogP contribution in [-0.2, 0) is 17.6 Å². The molecule has 2 unspecified atom stereocenters. The number of likely N-dealkylation sites (tertiary alicyclic amines) is 1. The van der Waals surface area contributed by atoms with Gasteiger partial charge in [-0.3, -0.25) is 4.79 Å². The number of aliphatic carboxylic acids is 1. The predicted octanol–water partition coefficient (Wildman–Crippen LogP) is 3.45. The molecule has 1 amide bonds. The summed E-state index contributed by atoms with van der Waals surface area (Å²) in [6.07, 6.45) is 4.55. The average molecular weight is 469 g/mol. The molecule has 1 aromatic carbocycles. The number of alkyl halides is 1. The molecule has 1 aromatic heterocycles. The van der Waals surface area contributed by atoms with Gasteiger partial charge in [-0.1, -0.05) is 24.3 Å². The van der Waals surface area contributed by atoms with Gasteiger partial charge >= 0.3 is 5.97 Å². The van der Waals surface area contributed by atoms with Crippen LogP contribution in [0.3, 0.4) is 0 Å². The van der Waals surface area contributed by atoms with Crippen molar-refractivity contribution in [3.63, 3.8) is 0 Å². The number of fused-ring (bicyclic) bond motifs is 1. The molecule has 182 valence electrons. The third kappa shape index (κ3) is 6.32. The number of hydrogen-bond acceptors (Lipinski definition) is 5. The number of piperidine rings is 1. The minimum Gasteiger partial charge on any atom is -0.480 e. The standard InChI is InChI=1S/C26H33FN4O3/c27-26(14-11-21-10-9-19-8-4-15-28-23(19)29-21)13-5-16-31(18-26)17-12-22(25(33)34)30-24(32)20-6-2-1-3-7-20/h1-3,6-7,9-10,22H,4-5,8,11-18H2,(H,28,29)(H,30,32)(H,33,34). The highest BCUT2D eigenvalue weighted by Crippen LogP contribution is 2.31. The number of halogens is 1. The largest absolute Gasteiger partial charge is 0.480 e. The molecule has 2 aromatic rings. The third-order valence-corrected chi connectivity index (χ3v) is 6.76. The molecule has 2 aliphatic heterocycles. The average Bonchev–Trinajstić information content (AvgIpc) is 2.85. The number of carboxylic acids is 1. The lowest BCUT2D eigenvalue weighted by Crippen LogP contribution is -2.48. The molecule has 4 rings (SSSR count). The molecule has 3 heterocycles. The molecule has 0 bridgehead atoms. The smallest absolute Gasteiger partial charge is 0.326 e. The summed E-state index contributed by atoms with van der Waals surface area (Å²) in [7, 11) is 0. The summed E-state index contributed by atoms with van der Waals surface area (Å²) < 4.78 is 15.7. The normalized spacial score (nSPS) is 21.2. The summed E-state index contributed by atoms with van der Waals surface area (Å²) >= 11 is 0. The van der Waals surface area contributed by atoms with Crippen LogP contribution in [0.4, 0.5) is 10.2 Å². The SMILES string of the molecule is O=C(NC(CCN1CCCC(F)(CCc2ccc3c(n2)NCCC3)C1)C(=O)O)c1ccccc1. The predicted molar refractivity (Wildman–Crippen MR) is 129 cm³/mol. The van der Waals surface area contributed by atoms with E-state index in [1.165, 1.54) is 5.56 Å². The van der Waals surface area contributed by atoms with Crippen LogP contribution in [0.1, 0.15) is 53.7 Å². The number of nitrogens with one attached hydrogen (secondary N) is 2. The summed E-state index contributed by atoms with van der Waals surface area (Å²) in [6.45, 7) is 2.34. The maximum Gasteiger partial charge on any atom is 0.326 e. The zero-order valence-corrected chi connectivity index (χ0v) is 19.4. The fraction of sp³-hybridized carbons (Fsp3) is 0.500. The van der Waals surface area contributed by atoms with Crippen molar-refractivity contribution in [2.45, 2.75) is 56.7 Å². The van der Waals surface area contributed by atoms with Gasteiger partial charge in [0.15, 0.2) is 0 Å². The first-order valence-corrected chi connectivity index (χ1v) is 12.1. The van der Waals surface area contributed by atoms with Gasteiger partial charge in [0.25, 0.3) is 5.91 Å². The number of nitrogens with zero attached hydrogens (tertiary/aromatic N) is 2. The van der Waals surface area contributed by atoms with Crippen LogP contribution in [0.15, 0.2) is 42.5 Å². The molecule has 0 saturated carbocycles. The number of rotatable bonds is 9.